The summed E-state index contributed by atoms with van der Waals surface area (Å²) < 4.78 is 64.6. The number of carbonyl (C=O) groups excluding carboxylic acids is 1. The zero-order valence-corrected chi connectivity index (χ0v) is 15.6. The molecule has 1 amide bonds. The highest BCUT2D eigenvalue weighted by Gasteiger charge is 2.42. The SMILES string of the molecule is COCCOc1ccc(NC(=O)c2nnn(-c3ccc(F)cc3)c2C(F)(F)F)cc1. The van der Waals surface area contributed by atoms with E-state index in [1.807, 2.05) is 0 Å². The minimum absolute atomic E-state index is 0.0900. The molecule has 7 nitrogen and oxygen atoms in total. The third-order valence-electron chi connectivity index (χ3n) is 3.89. The molecule has 30 heavy (non-hydrogen) atoms. The van der Waals surface area contributed by atoms with E-state index in [1.54, 1.807) is 12.1 Å². The Balaban J connectivity index is 1.83. The highest BCUT2D eigenvalue weighted by Crippen LogP contribution is 2.33. The molecule has 0 atom stereocenters. The first kappa shape index (κ1) is 21.2. The minimum Gasteiger partial charge on any atom is -0.491 e. The van der Waals surface area contributed by atoms with Gasteiger partial charge < -0.3 is 14.8 Å². The molecule has 158 valence electrons. The molecule has 0 saturated carbocycles. The van der Waals surface area contributed by atoms with Crippen LogP contribution in [0.5, 0.6) is 5.75 Å². The van der Waals surface area contributed by atoms with Crippen molar-refractivity contribution in [2.24, 2.45) is 0 Å². The number of rotatable bonds is 7. The number of amides is 1. The van der Waals surface area contributed by atoms with Crippen LogP contribution in [-0.2, 0) is 10.9 Å². The zero-order chi connectivity index (χ0) is 21.7. The van der Waals surface area contributed by atoms with Crippen molar-refractivity contribution in [2.45, 2.75) is 6.18 Å². The molecule has 0 spiro atoms. The maximum atomic E-state index is 13.6. The molecule has 0 aliphatic carbocycles. The Hall–Kier alpha value is -3.47. The normalized spacial score (nSPS) is 11.4. The zero-order valence-electron chi connectivity index (χ0n) is 15.6. The summed E-state index contributed by atoms with van der Waals surface area (Å²) in [5.41, 5.74) is -2.13. The first-order valence-corrected chi connectivity index (χ1v) is 8.61. The van der Waals surface area contributed by atoms with Crippen molar-refractivity contribution in [3.8, 4) is 11.4 Å². The summed E-state index contributed by atoms with van der Waals surface area (Å²) in [6.07, 6.45) is -4.93. The summed E-state index contributed by atoms with van der Waals surface area (Å²) in [7, 11) is 1.53. The van der Waals surface area contributed by atoms with Crippen LogP contribution >= 0.6 is 0 Å². The Kier molecular flexibility index (Phi) is 6.31. The summed E-state index contributed by atoms with van der Waals surface area (Å²) >= 11 is 0. The molecule has 0 aliphatic heterocycles. The van der Waals surface area contributed by atoms with Gasteiger partial charge in [-0.3, -0.25) is 4.79 Å². The number of ether oxygens (including phenoxy) is 2. The number of methoxy groups -OCH3 is 1. The molecule has 1 heterocycles. The average molecular weight is 424 g/mol. The van der Waals surface area contributed by atoms with Gasteiger partial charge in [0, 0.05) is 12.8 Å². The number of benzene rings is 2. The largest absolute Gasteiger partial charge is 0.491 e. The van der Waals surface area contributed by atoms with Crippen LogP contribution in [0.25, 0.3) is 5.69 Å². The minimum atomic E-state index is -4.93. The Morgan fingerprint density at radius 3 is 2.33 bits per heavy atom. The van der Waals surface area contributed by atoms with Crippen LogP contribution < -0.4 is 10.1 Å². The molecule has 1 aromatic heterocycles. The molecule has 0 radical (unpaired) electrons. The topological polar surface area (TPSA) is 78.3 Å². The van der Waals surface area contributed by atoms with Crippen molar-refractivity contribution >= 4 is 11.6 Å². The van der Waals surface area contributed by atoms with E-state index in [-0.39, 0.29) is 11.4 Å². The van der Waals surface area contributed by atoms with Crippen molar-refractivity contribution in [1.82, 2.24) is 15.0 Å². The Bertz CT molecular complexity index is 1000. The van der Waals surface area contributed by atoms with Gasteiger partial charge in [0.05, 0.1) is 12.3 Å². The molecule has 0 aliphatic rings. The second-order valence-electron chi connectivity index (χ2n) is 5.99. The monoisotopic (exact) mass is 424 g/mol. The first-order chi connectivity index (χ1) is 14.3. The standard InChI is InChI=1S/C19H16F4N4O3/c1-29-10-11-30-15-8-4-13(5-9-15)24-18(28)16-17(19(21,22)23)27(26-25-16)14-6-2-12(20)3-7-14/h2-9H,10-11H2,1H3,(H,24,28). The molecule has 2 aromatic carbocycles. The predicted octanol–water partition coefficient (Wildman–Crippen LogP) is 3.70. The van der Waals surface area contributed by atoms with E-state index in [2.05, 4.69) is 15.6 Å². The van der Waals surface area contributed by atoms with Gasteiger partial charge in [-0.2, -0.15) is 13.2 Å². The van der Waals surface area contributed by atoms with E-state index in [4.69, 9.17) is 9.47 Å². The highest BCUT2D eigenvalue weighted by atomic mass is 19.4. The van der Waals surface area contributed by atoms with Crippen LogP contribution in [0.3, 0.4) is 0 Å². The smallest absolute Gasteiger partial charge is 0.435 e. The number of anilines is 1. The van der Waals surface area contributed by atoms with Gasteiger partial charge in [0.25, 0.3) is 5.91 Å². The second-order valence-corrected chi connectivity index (χ2v) is 5.99. The first-order valence-electron chi connectivity index (χ1n) is 8.61. The molecule has 11 heteroatoms. The number of halogens is 4. The molecular weight excluding hydrogens is 408 g/mol. The molecule has 1 N–H and O–H groups in total. The van der Waals surface area contributed by atoms with Gasteiger partial charge in [-0.1, -0.05) is 5.21 Å². The van der Waals surface area contributed by atoms with Gasteiger partial charge in [0.1, 0.15) is 18.2 Å². The second kappa shape index (κ2) is 8.91. The van der Waals surface area contributed by atoms with E-state index >= 15 is 0 Å². The van der Waals surface area contributed by atoms with Crippen molar-refractivity contribution in [2.75, 3.05) is 25.6 Å². The fourth-order valence-electron chi connectivity index (χ4n) is 2.52. The summed E-state index contributed by atoms with van der Waals surface area (Å²) in [6, 6.07) is 10.2. The summed E-state index contributed by atoms with van der Waals surface area (Å²) in [5, 5.41) is 9.17. The molecule has 3 rings (SSSR count). The van der Waals surface area contributed by atoms with Gasteiger partial charge in [-0.15, -0.1) is 5.10 Å². The van der Waals surface area contributed by atoms with Crippen LogP contribution in [0.4, 0.5) is 23.2 Å². The average Bonchev–Trinajstić information content (AvgIpc) is 3.16. The number of aromatic nitrogens is 3. The molecular formula is C19H16F4N4O3. The van der Waals surface area contributed by atoms with E-state index in [0.29, 0.717) is 23.6 Å². The number of nitrogens with zero attached hydrogens (tertiary/aromatic N) is 3. The van der Waals surface area contributed by atoms with Crippen molar-refractivity contribution in [1.29, 1.82) is 0 Å². The van der Waals surface area contributed by atoms with Crippen LogP contribution in [0.2, 0.25) is 0 Å². The Morgan fingerprint density at radius 2 is 1.73 bits per heavy atom. The maximum absolute atomic E-state index is 13.6. The quantitative estimate of drug-likeness (QED) is 0.462. The molecule has 0 fully saturated rings. The lowest BCUT2D eigenvalue weighted by Gasteiger charge is -2.11. The fourth-order valence-corrected chi connectivity index (χ4v) is 2.52. The summed E-state index contributed by atoms with van der Waals surface area (Å²) in [5.74, 6) is -1.22. The van der Waals surface area contributed by atoms with Crippen molar-refractivity contribution in [3.05, 3.63) is 65.7 Å². The third-order valence-corrected chi connectivity index (χ3v) is 3.89. The van der Waals surface area contributed by atoms with Crippen molar-refractivity contribution in [3.63, 3.8) is 0 Å². The highest BCUT2D eigenvalue weighted by molar-refractivity contribution is 6.03. The maximum Gasteiger partial charge on any atom is 0.435 e. The van der Waals surface area contributed by atoms with Gasteiger partial charge in [0.15, 0.2) is 11.4 Å². The van der Waals surface area contributed by atoms with Gasteiger partial charge in [-0.25, -0.2) is 9.07 Å². The summed E-state index contributed by atoms with van der Waals surface area (Å²) in [6.45, 7) is 0.714. The lowest BCUT2D eigenvalue weighted by molar-refractivity contribution is -0.143. The number of alkyl halides is 3. The lowest BCUT2D eigenvalue weighted by atomic mass is 10.2. The van der Waals surface area contributed by atoms with E-state index in [1.165, 1.54) is 19.2 Å². The van der Waals surface area contributed by atoms with E-state index in [9.17, 15) is 22.4 Å². The van der Waals surface area contributed by atoms with E-state index < -0.39 is 29.3 Å². The van der Waals surface area contributed by atoms with Gasteiger partial charge in [-0.05, 0) is 48.5 Å². The number of hydrogen-bond donors (Lipinski definition) is 1. The number of hydrogen-bond acceptors (Lipinski definition) is 5. The number of nitrogens with one attached hydrogen (secondary N) is 1. The molecule has 0 bridgehead atoms. The third kappa shape index (κ3) is 4.92. The Labute approximate surface area is 168 Å². The van der Waals surface area contributed by atoms with E-state index in [0.717, 1.165) is 24.3 Å². The van der Waals surface area contributed by atoms with Crippen LogP contribution in [0.15, 0.2) is 48.5 Å². The Morgan fingerprint density at radius 1 is 1.07 bits per heavy atom. The number of carbonyl (C=O) groups is 1. The van der Waals surface area contributed by atoms with Crippen LogP contribution in [0.1, 0.15) is 16.2 Å². The van der Waals surface area contributed by atoms with Crippen LogP contribution in [-0.4, -0.2) is 41.2 Å². The lowest BCUT2D eigenvalue weighted by Crippen LogP contribution is -2.21. The molecule has 3 aromatic rings. The fraction of sp³-hybridized carbons (Fsp3) is 0.211. The van der Waals surface area contributed by atoms with Gasteiger partial charge in [0.2, 0.25) is 0 Å². The van der Waals surface area contributed by atoms with Gasteiger partial charge >= 0.3 is 6.18 Å². The summed E-state index contributed by atoms with van der Waals surface area (Å²) in [4.78, 5) is 12.4. The molecule has 0 saturated heterocycles. The molecule has 0 unspecified atom stereocenters. The van der Waals surface area contributed by atoms with Crippen molar-refractivity contribution < 1.29 is 31.8 Å². The van der Waals surface area contributed by atoms with Crippen LogP contribution in [0, 0.1) is 5.82 Å². The predicted molar refractivity (Wildman–Crippen MR) is 98.1 cm³/mol.